The van der Waals surface area contributed by atoms with E-state index in [1.54, 1.807) is 0 Å². The van der Waals surface area contributed by atoms with Crippen LogP contribution in [0.2, 0.25) is 0 Å². The van der Waals surface area contributed by atoms with E-state index in [1.807, 2.05) is 27.7 Å². The molecule has 0 bridgehead atoms. The van der Waals surface area contributed by atoms with Gasteiger partial charge in [0.25, 0.3) is 0 Å². The molecule has 1 fully saturated rings. The first-order valence-corrected chi connectivity index (χ1v) is 8.33. The lowest BCUT2D eigenvalue weighted by Crippen LogP contribution is -2.21. The van der Waals surface area contributed by atoms with Crippen molar-refractivity contribution >= 4 is 22.4 Å². The zero-order valence-electron chi connectivity index (χ0n) is 15.6. The molecule has 0 atom stereocenters. The fraction of sp³-hybridized carbons (Fsp3) is 0.381. The first kappa shape index (κ1) is 16.6. The number of fused-ring (bicyclic) bond motifs is 1. The average Bonchev–Trinajstić information content (AvgIpc) is 2.89. The predicted octanol–water partition coefficient (Wildman–Crippen LogP) is 4.93. The van der Waals surface area contributed by atoms with Crippen LogP contribution in [-0.4, -0.2) is 16.1 Å². The van der Waals surface area contributed by atoms with Crippen molar-refractivity contribution in [2.24, 2.45) is 7.05 Å². The molecule has 1 saturated heterocycles. The first-order valence-electron chi connectivity index (χ1n) is 8.33. The highest BCUT2D eigenvalue weighted by Crippen LogP contribution is 2.44. The molecule has 3 heteroatoms. The Balaban J connectivity index is 2.42. The van der Waals surface area contributed by atoms with Crippen LogP contribution in [0.3, 0.4) is 0 Å². The van der Waals surface area contributed by atoms with Crippen LogP contribution in [0, 0.1) is 6.92 Å². The molecule has 1 aromatic heterocycles. The maximum absolute atomic E-state index is 12.4. The van der Waals surface area contributed by atoms with Gasteiger partial charge in [0.1, 0.15) is 5.60 Å². The number of allylic oxidation sites excluding steroid dienone is 2. The number of aryl methyl sites for hydroxylation is 1. The fourth-order valence-electron chi connectivity index (χ4n) is 3.95. The molecule has 2 heterocycles. The van der Waals surface area contributed by atoms with E-state index in [9.17, 15) is 4.79 Å². The van der Waals surface area contributed by atoms with Gasteiger partial charge in [-0.15, -0.1) is 0 Å². The molecule has 3 nitrogen and oxygen atoms in total. The summed E-state index contributed by atoms with van der Waals surface area (Å²) < 4.78 is 7.88. The molecule has 24 heavy (non-hydrogen) atoms. The number of hydrogen-bond acceptors (Lipinski definition) is 2. The topological polar surface area (TPSA) is 31.2 Å². The Bertz CT molecular complexity index is 919. The van der Waals surface area contributed by atoms with Crippen LogP contribution >= 0.6 is 0 Å². The van der Waals surface area contributed by atoms with Crippen molar-refractivity contribution in [2.45, 2.75) is 47.1 Å². The minimum absolute atomic E-state index is 0.216. The van der Waals surface area contributed by atoms with Gasteiger partial charge in [-0.2, -0.15) is 0 Å². The summed E-state index contributed by atoms with van der Waals surface area (Å²) in [6.07, 6.45) is 0. The van der Waals surface area contributed by atoms with E-state index in [-0.39, 0.29) is 5.97 Å². The molecule has 0 amide bonds. The predicted molar refractivity (Wildman–Crippen MR) is 98.8 cm³/mol. The summed E-state index contributed by atoms with van der Waals surface area (Å²) in [6.45, 7) is 12.1. The second kappa shape index (κ2) is 5.37. The lowest BCUT2D eigenvalue weighted by Gasteiger charge is -2.21. The van der Waals surface area contributed by atoms with Gasteiger partial charge < -0.3 is 9.30 Å². The van der Waals surface area contributed by atoms with Crippen LogP contribution < -0.4 is 0 Å². The highest BCUT2D eigenvalue weighted by atomic mass is 16.6. The van der Waals surface area contributed by atoms with Gasteiger partial charge in [-0.25, -0.2) is 4.79 Å². The van der Waals surface area contributed by atoms with Crippen LogP contribution in [0.4, 0.5) is 0 Å². The molecular weight excluding hydrogens is 298 g/mol. The van der Waals surface area contributed by atoms with Crippen molar-refractivity contribution in [3.05, 3.63) is 52.2 Å². The summed E-state index contributed by atoms with van der Waals surface area (Å²) in [6, 6.07) is 8.40. The van der Waals surface area contributed by atoms with Crippen LogP contribution in [0.1, 0.15) is 45.9 Å². The quantitative estimate of drug-likeness (QED) is 0.550. The number of para-hydroxylation sites is 1. The molecule has 0 spiro atoms. The van der Waals surface area contributed by atoms with Gasteiger partial charge in [0, 0.05) is 34.8 Å². The Morgan fingerprint density at radius 1 is 1.12 bits per heavy atom. The minimum atomic E-state index is -0.614. The molecule has 0 N–H and O–H groups in total. The Labute approximate surface area is 143 Å². The van der Waals surface area contributed by atoms with E-state index < -0.39 is 5.60 Å². The smallest absolute Gasteiger partial charge is 0.339 e. The zero-order valence-corrected chi connectivity index (χ0v) is 15.6. The number of carbonyl (C=O) groups excluding carboxylic acids is 1. The van der Waals surface area contributed by atoms with Gasteiger partial charge in [-0.1, -0.05) is 23.8 Å². The highest BCUT2D eigenvalue weighted by molar-refractivity contribution is 6.04. The average molecular weight is 323 g/mol. The van der Waals surface area contributed by atoms with Gasteiger partial charge in [0.2, 0.25) is 0 Å². The Hall–Kier alpha value is -2.29. The normalized spacial score (nSPS) is 19.0. The zero-order chi connectivity index (χ0) is 17.8. The molecule has 1 aromatic carbocycles. The van der Waals surface area contributed by atoms with Crippen molar-refractivity contribution in [1.29, 1.82) is 0 Å². The lowest BCUT2D eigenvalue weighted by atomic mass is 9.85. The van der Waals surface area contributed by atoms with Gasteiger partial charge >= 0.3 is 5.97 Å². The monoisotopic (exact) mass is 323 g/mol. The number of hydrogen-bond donors (Lipinski definition) is 0. The number of rotatable bonds is 1. The molecule has 2 aromatic rings. The van der Waals surface area contributed by atoms with Crippen molar-refractivity contribution in [3.63, 3.8) is 0 Å². The third kappa shape index (κ3) is 2.22. The van der Waals surface area contributed by atoms with Crippen molar-refractivity contribution in [2.75, 3.05) is 0 Å². The van der Waals surface area contributed by atoms with E-state index in [2.05, 4.69) is 49.7 Å². The maximum Gasteiger partial charge on any atom is 0.339 e. The van der Waals surface area contributed by atoms with E-state index in [0.29, 0.717) is 0 Å². The third-order valence-electron chi connectivity index (χ3n) is 5.05. The molecule has 0 saturated carbocycles. The van der Waals surface area contributed by atoms with Gasteiger partial charge in [-0.05, 0) is 53.2 Å². The third-order valence-corrected chi connectivity index (χ3v) is 5.05. The SMILES string of the molecule is CC(C)=C1C(=O)OC(C)(C)/C1=C(/C)c1c(C)n(C)c2ccccc12. The van der Waals surface area contributed by atoms with Gasteiger partial charge in [-0.3, -0.25) is 0 Å². The molecule has 3 rings (SSSR count). The summed E-state index contributed by atoms with van der Waals surface area (Å²) in [5.41, 5.74) is 6.84. The van der Waals surface area contributed by atoms with Crippen LogP contribution in [0.5, 0.6) is 0 Å². The summed E-state index contributed by atoms with van der Waals surface area (Å²) in [7, 11) is 2.09. The standard InChI is InChI=1S/C21H25NO2/c1-12(2)17-19(21(5,6)24-20(17)23)13(3)18-14(4)22(7)16-11-9-8-10-15(16)18/h8-11H,1-7H3/b19-13-. The molecule has 0 aliphatic carbocycles. The van der Waals surface area contributed by atoms with E-state index in [0.717, 1.165) is 22.3 Å². The Morgan fingerprint density at radius 2 is 1.75 bits per heavy atom. The molecule has 1 aliphatic heterocycles. The summed E-state index contributed by atoms with van der Waals surface area (Å²) in [4.78, 5) is 12.4. The minimum Gasteiger partial charge on any atom is -0.451 e. The second-order valence-corrected chi connectivity index (χ2v) is 7.31. The number of aromatic nitrogens is 1. The van der Waals surface area contributed by atoms with E-state index in [4.69, 9.17) is 4.74 Å². The summed E-state index contributed by atoms with van der Waals surface area (Å²) in [5, 5.41) is 1.21. The van der Waals surface area contributed by atoms with Crippen LogP contribution in [-0.2, 0) is 16.6 Å². The van der Waals surface area contributed by atoms with Crippen molar-refractivity contribution < 1.29 is 9.53 Å². The van der Waals surface area contributed by atoms with Gasteiger partial charge in [0.05, 0.1) is 5.57 Å². The molecule has 0 unspecified atom stereocenters. The fourth-order valence-corrected chi connectivity index (χ4v) is 3.95. The number of nitrogens with zero attached hydrogens (tertiary/aromatic N) is 1. The highest BCUT2D eigenvalue weighted by Gasteiger charge is 2.43. The number of cyclic esters (lactones) is 1. The molecule has 126 valence electrons. The van der Waals surface area contributed by atoms with Crippen LogP contribution in [0.15, 0.2) is 41.0 Å². The first-order chi connectivity index (χ1) is 11.2. The van der Waals surface area contributed by atoms with E-state index >= 15 is 0 Å². The number of ether oxygens (including phenoxy) is 1. The number of carbonyl (C=O) groups is 1. The second-order valence-electron chi connectivity index (χ2n) is 7.31. The van der Waals surface area contributed by atoms with Gasteiger partial charge in [0.15, 0.2) is 0 Å². The number of esters is 1. The van der Waals surface area contributed by atoms with E-state index in [1.165, 1.54) is 22.2 Å². The van der Waals surface area contributed by atoms with Crippen molar-refractivity contribution in [1.82, 2.24) is 4.57 Å². The lowest BCUT2D eigenvalue weighted by molar-refractivity contribution is -0.142. The summed E-state index contributed by atoms with van der Waals surface area (Å²) in [5.74, 6) is -0.216. The summed E-state index contributed by atoms with van der Waals surface area (Å²) >= 11 is 0. The Kier molecular flexibility index (Phi) is 3.71. The molecular formula is C21H25NO2. The largest absolute Gasteiger partial charge is 0.451 e. The molecule has 0 radical (unpaired) electrons. The maximum atomic E-state index is 12.4. The van der Waals surface area contributed by atoms with Crippen LogP contribution in [0.25, 0.3) is 16.5 Å². The molecule has 1 aliphatic rings. The Morgan fingerprint density at radius 3 is 2.38 bits per heavy atom. The van der Waals surface area contributed by atoms with Crippen molar-refractivity contribution in [3.8, 4) is 0 Å². The number of benzene rings is 1.